The number of hydrogen-bond acceptors (Lipinski definition) is 6. The van der Waals surface area contributed by atoms with Crippen molar-refractivity contribution in [3.05, 3.63) is 56.3 Å². The van der Waals surface area contributed by atoms with E-state index < -0.39 is 0 Å². The minimum atomic E-state index is 0. The van der Waals surface area contributed by atoms with Gasteiger partial charge in [-0.1, -0.05) is 44.9 Å². The quantitative estimate of drug-likeness (QED) is 0.0818. The maximum Gasteiger partial charge on any atom is 2.00 e. The minimum Gasteiger partial charge on any atom is -0.369 e. The van der Waals surface area contributed by atoms with Gasteiger partial charge in [-0.15, -0.1) is 6.54 Å². The Bertz CT molecular complexity index is 1580. The van der Waals surface area contributed by atoms with Gasteiger partial charge < -0.3 is 38.0 Å². The van der Waals surface area contributed by atoms with Gasteiger partial charge in [-0.2, -0.15) is 6.42 Å². The largest absolute Gasteiger partial charge is 2.00 e. The molecular weight excluding hydrogens is 817 g/mol. The van der Waals surface area contributed by atoms with Crippen LogP contribution in [0.1, 0.15) is 58.8 Å². The molecule has 2 aliphatic heterocycles. The van der Waals surface area contributed by atoms with E-state index in [-0.39, 0.29) is 31.1 Å². The second kappa shape index (κ2) is 18.4. The second-order valence-corrected chi connectivity index (χ2v) is 13.8. The van der Waals surface area contributed by atoms with Gasteiger partial charge in [0.25, 0.3) is 0 Å². The van der Waals surface area contributed by atoms with Crippen LogP contribution >= 0.6 is 0 Å². The first kappa shape index (κ1) is 37.4. The van der Waals surface area contributed by atoms with Gasteiger partial charge in [-0.05, 0) is 76.1 Å². The third-order valence-electron chi connectivity index (χ3n) is 10.5. The molecule has 1 fully saturated rings. The van der Waals surface area contributed by atoms with Crippen LogP contribution in [0.4, 0.5) is 11.4 Å². The molecule has 1 saturated heterocycles. The van der Waals surface area contributed by atoms with E-state index in [0.29, 0.717) is 0 Å². The van der Waals surface area contributed by atoms with E-state index in [4.69, 9.17) is 4.98 Å². The third-order valence-corrected chi connectivity index (χ3v) is 10.5. The van der Waals surface area contributed by atoms with Crippen molar-refractivity contribution in [2.24, 2.45) is 0 Å². The zero-order chi connectivity index (χ0) is 32.6. The van der Waals surface area contributed by atoms with E-state index in [1.54, 1.807) is 0 Å². The Kier molecular flexibility index (Phi) is 14.4. The first-order valence-electron chi connectivity index (χ1n) is 18.7. The van der Waals surface area contributed by atoms with E-state index in [1.807, 2.05) is 0 Å². The Morgan fingerprint density at radius 1 is 0.750 bits per heavy atom. The molecule has 0 radical (unpaired) electrons. The molecule has 2 aromatic heterocycles. The second-order valence-electron chi connectivity index (χ2n) is 13.8. The van der Waals surface area contributed by atoms with Crippen LogP contribution in [0.15, 0.2) is 42.5 Å². The van der Waals surface area contributed by atoms with E-state index >= 15 is 0 Å². The predicted molar refractivity (Wildman–Crippen MR) is 203 cm³/mol. The molecule has 0 bridgehead atoms. The van der Waals surface area contributed by atoms with Gasteiger partial charge in [-0.25, -0.2) is 4.98 Å². The summed E-state index contributed by atoms with van der Waals surface area (Å²) in [5, 5.41) is 2.56. The van der Waals surface area contributed by atoms with Crippen molar-refractivity contribution in [3.8, 4) is 0 Å². The van der Waals surface area contributed by atoms with Crippen LogP contribution in [0.2, 0.25) is 0 Å². The zero-order valence-electron chi connectivity index (χ0n) is 29.9. The smallest absolute Gasteiger partial charge is 0.369 e. The van der Waals surface area contributed by atoms with E-state index in [9.17, 15) is 0 Å². The summed E-state index contributed by atoms with van der Waals surface area (Å²) in [6, 6.07) is 16.0. The van der Waals surface area contributed by atoms with Crippen molar-refractivity contribution in [2.45, 2.75) is 65.3 Å². The number of hydrogen-bond donors (Lipinski definition) is 0. The SMILES string of the molecule is [CH2-]CCN(C[CH2-])CCCN1CCCn2c3ccccc3c3nc4cc(N5CCN(CCN(CCC)CCCCC)CC5)ccc4c1c32.[U+2]. The molecule has 7 nitrogen and oxygen atoms in total. The Hall–Kier alpha value is -1.82. The number of piperazine rings is 1. The average Bonchev–Trinajstić information content (AvgIpc) is 3.27. The van der Waals surface area contributed by atoms with Gasteiger partial charge in [0.05, 0.1) is 27.8 Å². The fourth-order valence-corrected chi connectivity index (χ4v) is 8.00. The maximum atomic E-state index is 5.45. The van der Waals surface area contributed by atoms with Gasteiger partial charge in [0.1, 0.15) is 0 Å². The first-order chi connectivity index (χ1) is 23.1. The van der Waals surface area contributed by atoms with Gasteiger partial charge in [-0.3, -0.25) is 4.90 Å². The Morgan fingerprint density at radius 2 is 1.56 bits per heavy atom. The molecule has 0 unspecified atom stereocenters. The summed E-state index contributed by atoms with van der Waals surface area (Å²) in [5.74, 6) is 0. The summed E-state index contributed by atoms with van der Waals surface area (Å²) in [7, 11) is 0. The van der Waals surface area contributed by atoms with Gasteiger partial charge in [0, 0.05) is 75.4 Å². The zero-order valence-corrected chi connectivity index (χ0v) is 34.1. The molecule has 258 valence electrons. The van der Waals surface area contributed by atoms with Crippen molar-refractivity contribution in [1.29, 1.82) is 0 Å². The van der Waals surface area contributed by atoms with Crippen LogP contribution in [-0.4, -0.2) is 109 Å². The Balaban J connectivity index is 0.00000451. The summed E-state index contributed by atoms with van der Waals surface area (Å²) in [6.45, 7) is 28.2. The number of aromatic nitrogens is 2. The van der Waals surface area contributed by atoms with Crippen LogP contribution < -0.4 is 9.80 Å². The number of unbranched alkanes of at least 4 members (excludes halogenated alkanes) is 2. The van der Waals surface area contributed by atoms with E-state index in [0.717, 1.165) is 95.7 Å². The number of para-hydroxylation sites is 1. The fraction of sp³-hybridized carbons (Fsp3) is 0.575. The predicted octanol–water partition coefficient (Wildman–Crippen LogP) is 7.33. The fourth-order valence-electron chi connectivity index (χ4n) is 8.00. The molecule has 8 heteroatoms. The topological polar surface area (TPSA) is 34.0 Å². The molecule has 0 saturated carbocycles. The number of nitrogens with zero attached hydrogens (tertiary/aromatic N) is 7. The summed E-state index contributed by atoms with van der Waals surface area (Å²) >= 11 is 0. The van der Waals surface area contributed by atoms with Crippen LogP contribution in [0.25, 0.3) is 32.8 Å². The summed E-state index contributed by atoms with van der Waals surface area (Å²) in [5.41, 5.74) is 7.60. The standard InChI is InChI=1S/C40H59N7.U/c1-5-9-12-21-43(20-7-3)26-27-44-28-30-45(31-29-44)33-17-18-34-36(32-33)41-38-35-15-10-11-16-37(35)47-25-14-24-46(39(34)40(38)47)23-13-22-42(8-4)19-6-2;/h10-11,15-18,32H,2,4-9,12-14,19-31H2,1,3H3;/q-2;+2. The number of anilines is 2. The molecule has 0 spiro atoms. The van der Waals surface area contributed by atoms with E-state index in [2.05, 4.69) is 99.2 Å². The average molecular weight is 876 g/mol. The van der Waals surface area contributed by atoms with E-state index in [1.165, 1.54) is 85.0 Å². The van der Waals surface area contributed by atoms with Crippen molar-refractivity contribution in [3.63, 3.8) is 0 Å². The van der Waals surface area contributed by atoms with Crippen molar-refractivity contribution in [1.82, 2.24) is 24.3 Å². The summed E-state index contributed by atoms with van der Waals surface area (Å²) in [4.78, 5) is 18.5. The Morgan fingerprint density at radius 3 is 2.33 bits per heavy atom. The number of fused-ring (bicyclic) bond motifs is 5. The molecule has 0 N–H and O–H groups in total. The van der Waals surface area contributed by atoms with Crippen molar-refractivity contribution >= 4 is 44.2 Å². The van der Waals surface area contributed by atoms with Crippen LogP contribution in [-0.2, 0) is 6.54 Å². The molecular formula is C40H59N7U. The Labute approximate surface area is 314 Å². The van der Waals surface area contributed by atoms with Gasteiger partial charge in [0.15, 0.2) is 0 Å². The first-order valence-corrected chi connectivity index (χ1v) is 18.7. The normalized spacial score (nSPS) is 15.7. The number of pyridine rings is 1. The molecule has 0 aliphatic carbocycles. The van der Waals surface area contributed by atoms with Gasteiger partial charge >= 0.3 is 31.1 Å². The molecule has 2 aliphatic rings. The third kappa shape index (κ3) is 8.55. The van der Waals surface area contributed by atoms with Gasteiger partial charge in [0.2, 0.25) is 0 Å². The molecule has 6 rings (SSSR count). The van der Waals surface area contributed by atoms with Crippen LogP contribution in [0, 0.1) is 45.0 Å². The van der Waals surface area contributed by atoms with Crippen molar-refractivity contribution in [2.75, 3.05) is 94.9 Å². The molecule has 0 amide bonds. The molecule has 2 aromatic carbocycles. The van der Waals surface area contributed by atoms with Crippen molar-refractivity contribution < 1.29 is 31.1 Å². The monoisotopic (exact) mass is 876 g/mol. The van der Waals surface area contributed by atoms with Crippen LogP contribution in [0.3, 0.4) is 0 Å². The minimum absolute atomic E-state index is 0. The molecule has 48 heavy (non-hydrogen) atoms. The summed E-state index contributed by atoms with van der Waals surface area (Å²) in [6.07, 6.45) is 8.42. The number of rotatable bonds is 17. The molecule has 0 atom stereocenters. The maximum absolute atomic E-state index is 5.45. The number of aryl methyl sites for hydroxylation is 1. The summed E-state index contributed by atoms with van der Waals surface area (Å²) < 4.78 is 2.55. The number of benzene rings is 2. The molecule has 4 heterocycles. The molecule has 4 aromatic rings. The van der Waals surface area contributed by atoms with Crippen LogP contribution in [0.5, 0.6) is 0 Å².